The standard InChI is InChI=1S/C7H14N2/c1-6-3-4-7(8)5-9(6)2/h7H,1,3-5,8H2,2H3. The third kappa shape index (κ3) is 1.45. The molecule has 2 heteroatoms. The Morgan fingerprint density at radius 2 is 2.44 bits per heavy atom. The van der Waals surface area contributed by atoms with E-state index in [0.29, 0.717) is 6.04 Å². The van der Waals surface area contributed by atoms with Crippen molar-refractivity contribution in [2.75, 3.05) is 13.6 Å². The predicted octanol–water partition coefficient (Wildman–Crippen LogP) is 0.553. The number of hydrogen-bond donors (Lipinski definition) is 1. The maximum Gasteiger partial charge on any atom is 0.0323 e. The van der Waals surface area contributed by atoms with Crippen LogP contribution in [0.5, 0.6) is 0 Å². The van der Waals surface area contributed by atoms with Crippen LogP contribution in [0.25, 0.3) is 0 Å². The highest BCUT2D eigenvalue weighted by molar-refractivity contribution is 4.98. The van der Waals surface area contributed by atoms with E-state index in [4.69, 9.17) is 5.73 Å². The van der Waals surface area contributed by atoms with E-state index >= 15 is 0 Å². The molecule has 0 amide bonds. The summed E-state index contributed by atoms with van der Waals surface area (Å²) in [7, 11) is 2.04. The number of rotatable bonds is 0. The minimum absolute atomic E-state index is 0.362. The van der Waals surface area contributed by atoms with Crippen molar-refractivity contribution in [1.82, 2.24) is 4.90 Å². The second-order valence-corrected chi connectivity index (χ2v) is 2.75. The van der Waals surface area contributed by atoms with Gasteiger partial charge in [-0.2, -0.15) is 0 Å². The normalized spacial score (nSPS) is 28.9. The highest BCUT2D eigenvalue weighted by Crippen LogP contribution is 2.14. The van der Waals surface area contributed by atoms with Crippen molar-refractivity contribution in [3.63, 3.8) is 0 Å². The van der Waals surface area contributed by atoms with Crippen molar-refractivity contribution in [2.45, 2.75) is 18.9 Å². The van der Waals surface area contributed by atoms with Crippen LogP contribution >= 0.6 is 0 Å². The van der Waals surface area contributed by atoms with E-state index in [0.717, 1.165) is 19.4 Å². The van der Waals surface area contributed by atoms with Gasteiger partial charge in [-0.05, 0) is 12.8 Å². The highest BCUT2D eigenvalue weighted by atomic mass is 15.1. The minimum atomic E-state index is 0.362. The third-order valence-corrected chi connectivity index (χ3v) is 1.85. The van der Waals surface area contributed by atoms with E-state index in [1.807, 2.05) is 7.05 Å². The number of piperidine rings is 1. The number of nitrogens with zero attached hydrogens (tertiary/aromatic N) is 1. The van der Waals surface area contributed by atoms with E-state index in [-0.39, 0.29) is 0 Å². The Labute approximate surface area is 56.3 Å². The van der Waals surface area contributed by atoms with Crippen molar-refractivity contribution in [3.8, 4) is 0 Å². The van der Waals surface area contributed by atoms with Crippen molar-refractivity contribution in [1.29, 1.82) is 0 Å². The summed E-state index contributed by atoms with van der Waals surface area (Å²) in [4.78, 5) is 2.13. The van der Waals surface area contributed by atoms with Crippen LogP contribution in [-0.4, -0.2) is 24.5 Å². The summed E-state index contributed by atoms with van der Waals surface area (Å²) in [6.45, 7) is 4.87. The van der Waals surface area contributed by atoms with E-state index in [9.17, 15) is 0 Å². The van der Waals surface area contributed by atoms with Crippen LogP contribution in [0, 0.1) is 0 Å². The van der Waals surface area contributed by atoms with Crippen LogP contribution in [0.15, 0.2) is 12.3 Å². The largest absolute Gasteiger partial charge is 0.377 e. The molecule has 2 N–H and O–H groups in total. The Morgan fingerprint density at radius 3 is 2.89 bits per heavy atom. The summed E-state index contributed by atoms with van der Waals surface area (Å²) in [6, 6.07) is 0.362. The van der Waals surface area contributed by atoms with Crippen LogP contribution < -0.4 is 5.73 Å². The molecule has 1 heterocycles. The monoisotopic (exact) mass is 126 g/mol. The maximum absolute atomic E-state index is 5.70. The van der Waals surface area contributed by atoms with Gasteiger partial charge < -0.3 is 10.6 Å². The number of likely N-dealkylation sites (N-methyl/N-ethyl adjacent to an activating group) is 1. The molecule has 1 aliphatic heterocycles. The zero-order valence-corrected chi connectivity index (χ0v) is 5.93. The summed E-state index contributed by atoms with van der Waals surface area (Å²) < 4.78 is 0. The summed E-state index contributed by atoms with van der Waals surface area (Å²) in [5.41, 5.74) is 6.92. The first kappa shape index (κ1) is 6.62. The Kier molecular flexibility index (Phi) is 1.76. The van der Waals surface area contributed by atoms with E-state index < -0.39 is 0 Å². The summed E-state index contributed by atoms with van der Waals surface area (Å²) in [5.74, 6) is 0. The van der Waals surface area contributed by atoms with E-state index in [1.54, 1.807) is 0 Å². The number of likely N-dealkylation sites (tertiary alicyclic amines) is 1. The molecule has 1 saturated heterocycles. The molecule has 1 aliphatic rings. The fourth-order valence-corrected chi connectivity index (χ4v) is 1.12. The van der Waals surface area contributed by atoms with Crippen LogP contribution in [0.3, 0.4) is 0 Å². The van der Waals surface area contributed by atoms with Gasteiger partial charge in [-0.15, -0.1) is 0 Å². The zero-order chi connectivity index (χ0) is 6.85. The fraction of sp³-hybridized carbons (Fsp3) is 0.714. The maximum atomic E-state index is 5.70. The quantitative estimate of drug-likeness (QED) is 0.513. The molecule has 0 saturated carbocycles. The summed E-state index contributed by atoms with van der Waals surface area (Å²) in [6.07, 6.45) is 2.17. The van der Waals surface area contributed by atoms with Crippen LogP contribution in [0.1, 0.15) is 12.8 Å². The molecule has 0 aromatic carbocycles. The lowest BCUT2D eigenvalue weighted by atomic mass is 10.1. The lowest BCUT2D eigenvalue weighted by Gasteiger charge is -2.30. The van der Waals surface area contributed by atoms with Crippen molar-refractivity contribution < 1.29 is 0 Å². The molecule has 0 radical (unpaired) electrons. The van der Waals surface area contributed by atoms with E-state index in [1.165, 1.54) is 5.70 Å². The Morgan fingerprint density at radius 1 is 1.78 bits per heavy atom. The molecule has 9 heavy (non-hydrogen) atoms. The molecule has 2 nitrogen and oxygen atoms in total. The second kappa shape index (κ2) is 2.40. The molecule has 0 spiro atoms. The van der Waals surface area contributed by atoms with Gasteiger partial charge in [0.25, 0.3) is 0 Å². The molecular weight excluding hydrogens is 112 g/mol. The van der Waals surface area contributed by atoms with Gasteiger partial charge in [0, 0.05) is 25.3 Å². The first-order valence-corrected chi connectivity index (χ1v) is 3.34. The molecule has 0 aromatic rings. The molecule has 1 unspecified atom stereocenters. The van der Waals surface area contributed by atoms with Gasteiger partial charge in [0.15, 0.2) is 0 Å². The van der Waals surface area contributed by atoms with Crippen LogP contribution in [0.4, 0.5) is 0 Å². The Hall–Kier alpha value is -0.500. The van der Waals surface area contributed by atoms with Gasteiger partial charge in [0.2, 0.25) is 0 Å². The molecule has 0 bridgehead atoms. The average molecular weight is 126 g/mol. The molecule has 0 aliphatic carbocycles. The topological polar surface area (TPSA) is 29.3 Å². The first-order chi connectivity index (χ1) is 4.20. The second-order valence-electron chi connectivity index (χ2n) is 2.75. The fourth-order valence-electron chi connectivity index (χ4n) is 1.12. The highest BCUT2D eigenvalue weighted by Gasteiger charge is 2.14. The van der Waals surface area contributed by atoms with Crippen molar-refractivity contribution >= 4 is 0 Å². The first-order valence-electron chi connectivity index (χ1n) is 3.34. The summed E-state index contributed by atoms with van der Waals surface area (Å²) >= 11 is 0. The average Bonchev–Trinajstić information content (AvgIpc) is 1.80. The van der Waals surface area contributed by atoms with Gasteiger partial charge >= 0.3 is 0 Å². The van der Waals surface area contributed by atoms with Gasteiger partial charge in [0.05, 0.1) is 0 Å². The summed E-state index contributed by atoms with van der Waals surface area (Å²) in [5, 5.41) is 0. The number of allylic oxidation sites excluding steroid dienone is 1. The zero-order valence-electron chi connectivity index (χ0n) is 5.93. The SMILES string of the molecule is C=C1CCC(N)CN1C. The number of nitrogens with two attached hydrogens (primary N) is 1. The lowest BCUT2D eigenvalue weighted by molar-refractivity contribution is 0.315. The van der Waals surface area contributed by atoms with Crippen LogP contribution in [-0.2, 0) is 0 Å². The van der Waals surface area contributed by atoms with Crippen molar-refractivity contribution in [3.05, 3.63) is 12.3 Å². The molecule has 1 atom stereocenters. The van der Waals surface area contributed by atoms with Gasteiger partial charge in [-0.25, -0.2) is 0 Å². The van der Waals surface area contributed by atoms with Crippen molar-refractivity contribution in [2.24, 2.45) is 5.73 Å². The minimum Gasteiger partial charge on any atom is -0.377 e. The van der Waals surface area contributed by atoms with Crippen LogP contribution in [0.2, 0.25) is 0 Å². The molecule has 52 valence electrons. The molecule has 1 fully saturated rings. The van der Waals surface area contributed by atoms with Gasteiger partial charge in [-0.3, -0.25) is 0 Å². The third-order valence-electron chi connectivity index (χ3n) is 1.85. The number of hydrogen-bond acceptors (Lipinski definition) is 2. The molecule has 0 aromatic heterocycles. The smallest absolute Gasteiger partial charge is 0.0323 e. The van der Waals surface area contributed by atoms with Gasteiger partial charge in [0.1, 0.15) is 0 Å². The van der Waals surface area contributed by atoms with Gasteiger partial charge in [-0.1, -0.05) is 6.58 Å². The lowest BCUT2D eigenvalue weighted by Crippen LogP contribution is -2.38. The molecular formula is C7H14N2. The Balaban J connectivity index is 2.44. The molecule has 1 rings (SSSR count). The van der Waals surface area contributed by atoms with E-state index in [2.05, 4.69) is 11.5 Å². The Bertz CT molecular complexity index is 120. The predicted molar refractivity (Wildman–Crippen MR) is 39.0 cm³/mol.